The van der Waals surface area contributed by atoms with E-state index in [9.17, 15) is 9.59 Å². The molecule has 10 nitrogen and oxygen atoms in total. The van der Waals surface area contributed by atoms with Gasteiger partial charge in [-0.1, -0.05) is 0 Å². The first-order valence-electron chi connectivity index (χ1n) is 11.7. The average Bonchev–Trinajstić information content (AvgIpc) is 2.58. The van der Waals surface area contributed by atoms with Crippen LogP contribution in [0.5, 0.6) is 0 Å². The molecule has 0 amide bonds. The summed E-state index contributed by atoms with van der Waals surface area (Å²) in [6, 6.07) is 0. The molecule has 0 aliphatic carbocycles. The second-order valence-corrected chi connectivity index (χ2v) is 8.33. The number of hydrogen-bond donors (Lipinski definition) is 0. The fraction of sp³-hybridized carbons (Fsp3) is 0.913. The maximum atomic E-state index is 12.5. The predicted octanol–water partition coefficient (Wildman–Crippen LogP) is 4.24. The van der Waals surface area contributed by atoms with Gasteiger partial charge in [0.2, 0.25) is 0 Å². The molecule has 0 aromatic heterocycles. The Kier molecular flexibility index (Phi) is 15.0. The van der Waals surface area contributed by atoms with Crippen LogP contribution in [0.3, 0.4) is 0 Å². The third-order valence-corrected chi connectivity index (χ3v) is 3.40. The number of carbonyl (C=O) groups excluding carboxylic acids is 2. The number of ether oxygens (including phenoxy) is 8. The van der Waals surface area contributed by atoms with Gasteiger partial charge in [0.1, 0.15) is 0 Å². The molecule has 0 heterocycles. The fourth-order valence-corrected chi connectivity index (χ4v) is 2.61. The van der Waals surface area contributed by atoms with Gasteiger partial charge in [-0.05, 0) is 75.7 Å². The minimum atomic E-state index is -1.95. The molecule has 0 bridgehead atoms. The van der Waals surface area contributed by atoms with Crippen molar-refractivity contribution in [3.8, 4) is 0 Å². The molecule has 0 fully saturated rings. The van der Waals surface area contributed by atoms with Crippen LogP contribution >= 0.6 is 0 Å². The minimum absolute atomic E-state index is 0.0927. The molecular formula is C23H44O10. The summed E-state index contributed by atoms with van der Waals surface area (Å²) in [7, 11) is 0. The van der Waals surface area contributed by atoms with Crippen LogP contribution in [-0.2, 0) is 47.5 Å². The van der Waals surface area contributed by atoms with Gasteiger partial charge in [-0.3, -0.25) is 38.0 Å². The summed E-state index contributed by atoms with van der Waals surface area (Å²) in [5.74, 6) is -1.30. The van der Waals surface area contributed by atoms with E-state index in [1.165, 1.54) is 0 Å². The molecule has 0 saturated heterocycles. The van der Waals surface area contributed by atoms with Gasteiger partial charge in [0, 0.05) is 12.8 Å². The second kappa shape index (κ2) is 15.6. The van der Waals surface area contributed by atoms with E-state index in [1.54, 1.807) is 69.2 Å². The fourth-order valence-electron chi connectivity index (χ4n) is 2.61. The maximum absolute atomic E-state index is 12.5. The van der Waals surface area contributed by atoms with E-state index >= 15 is 0 Å². The van der Waals surface area contributed by atoms with Gasteiger partial charge in [-0.2, -0.15) is 0 Å². The SMILES string of the molecule is CCOC(OC(=O)CCCC(=O)OC(OCC)(OC(C)C)OC(C)C)(OC(C)C)OC(C)C. The Hall–Kier alpha value is -1.30. The smallest absolute Gasteiger partial charge is 0.384 e. The van der Waals surface area contributed by atoms with Crippen LogP contribution in [0.1, 0.15) is 88.5 Å². The van der Waals surface area contributed by atoms with Gasteiger partial charge in [0.05, 0.1) is 37.6 Å². The van der Waals surface area contributed by atoms with E-state index in [2.05, 4.69) is 0 Å². The average molecular weight is 481 g/mol. The van der Waals surface area contributed by atoms with Gasteiger partial charge < -0.3 is 9.47 Å². The summed E-state index contributed by atoms with van der Waals surface area (Å²) in [5.41, 5.74) is 0. The Bertz CT molecular complexity index is 491. The lowest BCUT2D eigenvalue weighted by atomic mass is 10.2. The largest absolute Gasteiger partial charge is 0.463 e. The number of esters is 2. The molecule has 33 heavy (non-hydrogen) atoms. The van der Waals surface area contributed by atoms with Crippen LogP contribution < -0.4 is 0 Å². The zero-order chi connectivity index (χ0) is 25.7. The molecule has 0 aromatic rings. The molecule has 0 rings (SSSR count). The molecule has 0 spiro atoms. The lowest BCUT2D eigenvalue weighted by Crippen LogP contribution is -2.47. The normalized spacial score (nSPS) is 12.8. The summed E-state index contributed by atoms with van der Waals surface area (Å²) in [4.78, 5) is 24.9. The lowest BCUT2D eigenvalue weighted by Gasteiger charge is -2.34. The van der Waals surface area contributed by atoms with Crippen molar-refractivity contribution < 1.29 is 47.5 Å². The first-order chi connectivity index (χ1) is 15.3. The summed E-state index contributed by atoms with van der Waals surface area (Å²) in [5, 5.41) is 0. The molecule has 0 aromatic carbocycles. The van der Waals surface area contributed by atoms with Crippen molar-refractivity contribution in [2.75, 3.05) is 13.2 Å². The highest BCUT2D eigenvalue weighted by molar-refractivity contribution is 5.72. The Morgan fingerprint density at radius 3 is 1.06 bits per heavy atom. The third-order valence-electron chi connectivity index (χ3n) is 3.40. The standard InChI is InChI=1S/C23H44O10/c1-11-26-22(28-16(3)4,29-17(5)6)32-20(24)14-13-15-21(25)33-23(27-12-2,30-18(7)8)31-19(9)10/h16-19H,11-15H2,1-10H3. The molecular weight excluding hydrogens is 436 g/mol. The Morgan fingerprint density at radius 1 is 0.576 bits per heavy atom. The van der Waals surface area contributed by atoms with Gasteiger partial charge in [0.25, 0.3) is 0 Å². The van der Waals surface area contributed by atoms with Gasteiger partial charge >= 0.3 is 24.3 Å². The molecule has 0 aliphatic heterocycles. The molecule has 0 saturated carbocycles. The molecule has 0 atom stereocenters. The van der Waals surface area contributed by atoms with Crippen LogP contribution in [-0.4, -0.2) is 61.9 Å². The lowest BCUT2D eigenvalue weighted by molar-refractivity contribution is -0.497. The first kappa shape index (κ1) is 31.7. The van der Waals surface area contributed by atoms with Crippen molar-refractivity contribution >= 4 is 11.9 Å². The Labute approximate surface area is 198 Å². The summed E-state index contributed by atoms with van der Waals surface area (Å²) in [6.07, 6.45) is -5.25. The Morgan fingerprint density at radius 2 is 0.848 bits per heavy atom. The highest BCUT2D eigenvalue weighted by Crippen LogP contribution is 2.25. The van der Waals surface area contributed by atoms with E-state index in [4.69, 9.17) is 37.9 Å². The first-order valence-corrected chi connectivity index (χ1v) is 11.7. The molecule has 0 unspecified atom stereocenters. The van der Waals surface area contributed by atoms with Crippen LogP contribution in [0.25, 0.3) is 0 Å². The van der Waals surface area contributed by atoms with Crippen molar-refractivity contribution in [2.24, 2.45) is 0 Å². The summed E-state index contributed by atoms with van der Waals surface area (Å²) in [6.45, 7) is 18.0. The van der Waals surface area contributed by atoms with Crippen LogP contribution in [0, 0.1) is 0 Å². The molecule has 0 aliphatic rings. The third kappa shape index (κ3) is 13.9. The second-order valence-electron chi connectivity index (χ2n) is 8.33. The van der Waals surface area contributed by atoms with Crippen molar-refractivity contribution in [1.82, 2.24) is 0 Å². The highest BCUT2D eigenvalue weighted by Gasteiger charge is 2.42. The Balaban J connectivity index is 5.05. The van der Waals surface area contributed by atoms with Gasteiger partial charge in [-0.15, -0.1) is 0 Å². The minimum Gasteiger partial charge on any atom is -0.384 e. The predicted molar refractivity (Wildman–Crippen MR) is 120 cm³/mol. The number of rotatable bonds is 18. The van der Waals surface area contributed by atoms with E-state index in [0.29, 0.717) is 0 Å². The van der Waals surface area contributed by atoms with E-state index in [1.807, 2.05) is 0 Å². The molecule has 10 heteroatoms. The van der Waals surface area contributed by atoms with E-state index in [0.717, 1.165) is 0 Å². The van der Waals surface area contributed by atoms with E-state index < -0.39 is 24.3 Å². The van der Waals surface area contributed by atoms with Crippen LogP contribution in [0.15, 0.2) is 0 Å². The van der Waals surface area contributed by atoms with Crippen molar-refractivity contribution in [3.05, 3.63) is 0 Å². The number of carbonyl (C=O) groups is 2. The van der Waals surface area contributed by atoms with Crippen LogP contribution in [0.2, 0.25) is 0 Å². The topological polar surface area (TPSA) is 108 Å². The number of hydrogen-bond acceptors (Lipinski definition) is 10. The van der Waals surface area contributed by atoms with Gasteiger partial charge in [0.15, 0.2) is 0 Å². The summed E-state index contributed by atoms with van der Waals surface area (Å²) >= 11 is 0. The van der Waals surface area contributed by atoms with Gasteiger partial charge in [-0.25, -0.2) is 0 Å². The maximum Gasteiger partial charge on any atom is 0.463 e. The zero-order valence-corrected chi connectivity index (χ0v) is 21.9. The highest BCUT2D eigenvalue weighted by atomic mass is 17.0. The van der Waals surface area contributed by atoms with Crippen LogP contribution in [0.4, 0.5) is 0 Å². The molecule has 196 valence electrons. The monoisotopic (exact) mass is 480 g/mol. The molecule has 0 N–H and O–H groups in total. The van der Waals surface area contributed by atoms with Crippen molar-refractivity contribution in [1.29, 1.82) is 0 Å². The van der Waals surface area contributed by atoms with Crippen molar-refractivity contribution in [3.63, 3.8) is 0 Å². The quantitative estimate of drug-likeness (QED) is 0.209. The van der Waals surface area contributed by atoms with Crippen molar-refractivity contribution in [2.45, 2.75) is 125 Å². The summed E-state index contributed by atoms with van der Waals surface area (Å²) < 4.78 is 44.3. The zero-order valence-electron chi connectivity index (χ0n) is 21.9. The molecule has 0 radical (unpaired) electrons. The van der Waals surface area contributed by atoms with E-state index in [-0.39, 0.29) is 56.9 Å².